The molecule has 2 fully saturated rings. The lowest BCUT2D eigenvalue weighted by Crippen LogP contribution is -2.48. The first-order chi connectivity index (χ1) is 6.91. The fraction of sp³-hybridized carbons (Fsp3) is 1.00. The van der Waals surface area contributed by atoms with Crippen molar-refractivity contribution in [2.75, 3.05) is 6.61 Å². The van der Waals surface area contributed by atoms with Crippen LogP contribution in [0.5, 0.6) is 0 Å². The second-order valence-electron chi connectivity index (χ2n) is 6.41. The summed E-state index contributed by atoms with van der Waals surface area (Å²) in [6.45, 7) is 9.60. The molecule has 2 N–H and O–H groups in total. The van der Waals surface area contributed by atoms with Gasteiger partial charge in [-0.2, -0.15) is 0 Å². The lowest BCUT2D eigenvalue weighted by atomic mass is 9.69. The second kappa shape index (κ2) is 3.46. The predicted molar refractivity (Wildman–Crippen MR) is 62.7 cm³/mol. The highest BCUT2D eigenvalue weighted by Crippen LogP contribution is 2.65. The maximum Gasteiger partial charge on any atom is 0.0582 e. The maximum absolute atomic E-state index is 9.12. The molecular weight excluding hydrogens is 186 g/mol. The minimum absolute atomic E-state index is 0.238. The van der Waals surface area contributed by atoms with E-state index in [1.807, 2.05) is 0 Å². The number of fused-ring (bicyclic) bond motifs is 2. The number of rotatable bonds is 3. The SMILES string of the molecule is C[C@@H](CO)N[C@@H]1C[C@@H]2CC[C@]1(C)C2(C)C. The van der Waals surface area contributed by atoms with Gasteiger partial charge in [0.2, 0.25) is 0 Å². The molecule has 2 saturated carbocycles. The van der Waals surface area contributed by atoms with E-state index in [-0.39, 0.29) is 12.6 Å². The molecule has 88 valence electrons. The van der Waals surface area contributed by atoms with Gasteiger partial charge in [-0.25, -0.2) is 0 Å². The first kappa shape index (κ1) is 11.4. The molecule has 4 atom stereocenters. The van der Waals surface area contributed by atoms with Crippen molar-refractivity contribution in [2.24, 2.45) is 16.7 Å². The van der Waals surface area contributed by atoms with Crippen LogP contribution in [-0.2, 0) is 0 Å². The van der Waals surface area contributed by atoms with E-state index < -0.39 is 0 Å². The third kappa shape index (κ3) is 1.45. The summed E-state index contributed by atoms with van der Waals surface area (Å²) in [5, 5.41) is 12.7. The highest BCUT2D eigenvalue weighted by atomic mass is 16.3. The molecule has 0 aliphatic heterocycles. The quantitative estimate of drug-likeness (QED) is 0.750. The van der Waals surface area contributed by atoms with E-state index in [0.29, 0.717) is 16.9 Å². The van der Waals surface area contributed by atoms with Gasteiger partial charge in [0.25, 0.3) is 0 Å². The Kier molecular flexibility index (Phi) is 2.63. The van der Waals surface area contributed by atoms with Gasteiger partial charge in [-0.1, -0.05) is 20.8 Å². The molecule has 2 aliphatic rings. The molecule has 0 heterocycles. The van der Waals surface area contributed by atoms with Crippen molar-refractivity contribution in [3.8, 4) is 0 Å². The summed E-state index contributed by atoms with van der Waals surface area (Å²) in [5.74, 6) is 0.880. The minimum atomic E-state index is 0.238. The van der Waals surface area contributed by atoms with Crippen molar-refractivity contribution >= 4 is 0 Å². The number of aliphatic hydroxyl groups is 1. The third-order valence-corrected chi connectivity index (χ3v) is 5.55. The fourth-order valence-corrected chi connectivity index (χ4v) is 3.85. The van der Waals surface area contributed by atoms with Crippen molar-refractivity contribution in [3.63, 3.8) is 0 Å². The molecule has 0 radical (unpaired) electrons. The van der Waals surface area contributed by atoms with E-state index in [9.17, 15) is 0 Å². The van der Waals surface area contributed by atoms with E-state index in [2.05, 4.69) is 33.0 Å². The number of nitrogens with one attached hydrogen (secondary N) is 1. The molecule has 0 aromatic heterocycles. The highest BCUT2D eigenvalue weighted by Gasteiger charge is 2.61. The topological polar surface area (TPSA) is 32.3 Å². The van der Waals surface area contributed by atoms with Gasteiger partial charge in [-0.3, -0.25) is 0 Å². The monoisotopic (exact) mass is 211 g/mol. The zero-order chi connectivity index (χ0) is 11.3. The summed E-state index contributed by atoms with van der Waals surface area (Å²) in [6, 6.07) is 0.843. The van der Waals surface area contributed by atoms with Gasteiger partial charge in [0.15, 0.2) is 0 Å². The fourth-order valence-electron chi connectivity index (χ4n) is 3.85. The molecule has 2 nitrogen and oxygen atoms in total. The molecule has 0 aromatic rings. The first-order valence-corrected chi connectivity index (χ1v) is 6.28. The normalized spacial score (nSPS) is 44.6. The van der Waals surface area contributed by atoms with E-state index in [4.69, 9.17) is 5.11 Å². The standard InChI is InChI=1S/C13H25NO/c1-9(8-15)14-11-7-10-5-6-13(11,4)12(10,2)3/h9-11,14-15H,5-8H2,1-4H3/t9-,10-,11+,13-/m0/s1. The van der Waals surface area contributed by atoms with Gasteiger partial charge in [0, 0.05) is 12.1 Å². The van der Waals surface area contributed by atoms with Crippen LogP contribution in [0.2, 0.25) is 0 Å². The third-order valence-electron chi connectivity index (χ3n) is 5.55. The molecular formula is C13H25NO. The minimum Gasteiger partial charge on any atom is -0.395 e. The lowest BCUT2D eigenvalue weighted by molar-refractivity contribution is 0.109. The van der Waals surface area contributed by atoms with Gasteiger partial charge in [-0.15, -0.1) is 0 Å². The van der Waals surface area contributed by atoms with E-state index in [0.717, 1.165) is 5.92 Å². The van der Waals surface area contributed by atoms with Crippen LogP contribution in [0.3, 0.4) is 0 Å². The Morgan fingerprint density at radius 3 is 2.47 bits per heavy atom. The largest absolute Gasteiger partial charge is 0.395 e. The van der Waals surface area contributed by atoms with Gasteiger partial charge < -0.3 is 10.4 Å². The number of hydrogen-bond acceptors (Lipinski definition) is 2. The van der Waals surface area contributed by atoms with Crippen LogP contribution in [0.15, 0.2) is 0 Å². The Bertz CT molecular complexity index is 251. The molecule has 2 bridgehead atoms. The summed E-state index contributed by atoms with van der Waals surface area (Å²) in [4.78, 5) is 0. The van der Waals surface area contributed by atoms with Gasteiger partial charge in [-0.05, 0) is 42.9 Å². The lowest BCUT2D eigenvalue weighted by Gasteiger charge is -2.40. The Hall–Kier alpha value is -0.0800. The predicted octanol–water partition coefficient (Wildman–Crippen LogP) is 2.17. The first-order valence-electron chi connectivity index (χ1n) is 6.28. The van der Waals surface area contributed by atoms with Crippen molar-refractivity contribution in [3.05, 3.63) is 0 Å². The summed E-state index contributed by atoms with van der Waals surface area (Å²) in [5.41, 5.74) is 0.904. The number of aliphatic hydroxyl groups excluding tert-OH is 1. The zero-order valence-electron chi connectivity index (χ0n) is 10.5. The molecule has 2 aliphatic carbocycles. The van der Waals surface area contributed by atoms with Crippen LogP contribution < -0.4 is 5.32 Å². The van der Waals surface area contributed by atoms with Crippen LogP contribution in [-0.4, -0.2) is 23.8 Å². The number of hydrogen-bond donors (Lipinski definition) is 2. The molecule has 2 heteroatoms. The Morgan fingerprint density at radius 2 is 2.07 bits per heavy atom. The summed E-state index contributed by atoms with van der Waals surface area (Å²) in [7, 11) is 0. The van der Waals surface area contributed by atoms with Crippen molar-refractivity contribution < 1.29 is 5.11 Å². The molecule has 0 saturated heterocycles. The van der Waals surface area contributed by atoms with Crippen LogP contribution in [0.1, 0.15) is 47.0 Å². The molecule has 0 unspecified atom stereocenters. The van der Waals surface area contributed by atoms with Gasteiger partial charge in [0.1, 0.15) is 0 Å². The van der Waals surface area contributed by atoms with Crippen LogP contribution in [0.25, 0.3) is 0 Å². The summed E-state index contributed by atoms with van der Waals surface area (Å²) in [6.07, 6.45) is 4.05. The summed E-state index contributed by atoms with van der Waals surface area (Å²) < 4.78 is 0. The van der Waals surface area contributed by atoms with E-state index in [1.54, 1.807) is 0 Å². The Balaban J connectivity index is 2.12. The maximum atomic E-state index is 9.12. The molecule has 15 heavy (non-hydrogen) atoms. The Labute approximate surface area is 93.5 Å². The average molecular weight is 211 g/mol. The van der Waals surface area contributed by atoms with E-state index >= 15 is 0 Å². The van der Waals surface area contributed by atoms with Crippen LogP contribution in [0, 0.1) is 16.7 Å². The van der Waals surface area contributed by atoms with Crippen molar-refractivity contribution in [2.45, 2.75) is 59.0 Å². The zero-order valence-corrected chi connectivity index (χ0v) is 10.5. The molecule has 0 aromatic carbocycles. The van der Waals surface area contributed by atoms with E-state index in [1.165, 1.54) is 19.3 Å². The smallest absolute Gasteiger partial charge is 0.0582 e. The van der Waals surface area contributed by atoms with Crippen molar-refractivity contribution in [1.29, 1.82) is 0 Å². The molecule has 0 spiro atoms. The molecule has 0 amide bonds. The Morgan fingerprint density at radius 1 is 1.40 bits per heavy atom. The highest BCUT2D eigenvalue weighted by molar-refractivity contribution is 5.13. The summed E-state index contributed by atoms with van der Waals surface area (Å²) >= 11 is 0. The van der Waals surface area contributed by atoms with Gasteiger partial charge in [0.05, 0.1) is 6.61 Å². The van der Waals surface area contributed by atoms with Gasteiger partial charge >= 0.3 is 0 Å². The average Bonchev–Trinajstić information content (AvgIpc) is 2.50. The molecule has 2 rings (SSSR count). The van der Waals surface area contributed by atoms with Crippen LogP contribution >= 0.6 is 0 Å². The van der Waals surface area contributed by atoms with Crippen molar-refractivity contribution in [1.82, 2.24) is 5.32 Å². The second-order valence-corrected chi connectivity index (χ2v) is 6.41. The van der Waals surface area contributed by atoms with Crippen LogP contribution in [0.4, 0.5) is 0 Å².